The van der Waals surface area contributed by atoms with Gasteiger partial charge >= 0.3 is 0 Å². The quantitative estimate of drug-likeness (QED) is 0.394. The molecule has 2 aromatic heterocycles. The van der Waals surface area contributed by atoms with Gasteiger partial charge in [0.2, 0.25) is 5.91 Å². The highest BCUT2D eigenvalue weighted by Crippen LogP contribution is 2.30. The number of halogens is 1. The number of thiophene rings is 1. The molecule has 3 N–H and O–H groups in total. The summed E-state index contributed by atoms with van der Waals surface area (Å²) < 4.78 is 2.70. The fourth-order valence-corrected chi connectivity index (χ4v) is 3.84. The smallest absolute Gasteiger partial charge is 0.224 e. The fourth-order valence-electron chi connectivity index (χ4n) is 2.85. The van der Waals surface area contributed by atoms with Gasteiger partial charge in [0, 0.05) is 22.2 Å². The molecule has 2 heterocycles. The van der Waals surface area contributed by atoms with Crippen LogP contribution in [0.25, 0.3) is 16.1 Å². The molecule has 0 atom stereocenters. The van der Waals surface area contributed by atoms with E-state index in [1.54, 1.807) is 16.0 Å². The predicted octanol–water partition coefficient (Wildman–Crippen LogP) is 4.91. The zero-order chi connectivity index (χ0) is 20.2. The minimum atomic E-state index is -0.113. The van der Waals surface area contributed by atoms with Crippen LogP contribution in [0.1, 0.15) is 12.1 Å². The van der Waals surface area contributed by atoms with Gasteiger partial charge in [-0.15, -0.1) is 16.4 Å². The van der Waals surface area contributed by atoms with Crippen molar-refractivity contribution in [3.63, 3.8) is 0 Å². The molecule has 0 fully saturated rings. The molecule has 0 radical (unpaired) electrons. The van der Waals surface area contributed by atoms with E-state index in [2.05, 4.69) is 31.6 Å². The molecular weight excluding hydrogens is 450 g/mol. The second kappa shape index (κ2) is 8.59. The number of hydrogen-bond donors (Lipinski definition) is 2. The number of carbonyl (C=O) groups is 1. The Balaban J connectivity index is 1.38. The molecule has 4 rings (SSSR count). The molecule has 0 saturated heterocycles. The van der Waals surface area contributed by atoms with Gasteiger partial charge in [-0.3, -0.25) is 4.79 Å². The molecular formula is C21H18BrN5OS. The van der Waals surface area contributed by atoms with Gasteiger partial charge in [-0.25, -0.2) is 4.68 Å². The van der Waals surface area contributed by atoms with Crippen LogP contribution in [-0.2, 0) is 11.2 Å². The zero-order valence-corrected chi connectivity index (χ0v) is 17.8. The number of nitrogens with two attached hydrogens (primary N) is 1. The lowest BCUT2D eigenvalue weighted by molar-refractivity contribution is -0.116. The van der Waals surface area contributed by atoms with Crippen molar-refractivity contribution in [2.75, 3.05) is 11.1 Å². The normalized spacial score (nSPS) is 10.8. The minimum absolute atomic E-state index is 0.113. The number of aromatic nitrogens is 3. The Bertz CT molecular complexity index is 1120. The molecule has 2 aromatic carbocycles. The van der Waals surface area contributed by atoms with Crippen LogP contribution in [-0.4, -0.2) is 20.9 Å². The van der Waals surface area contributed by atoms with E-state index in [0.717, 1.165) is 26.3 Å². The predicted molar refractivity (Wildman–Crippen MR) is 120 cm³/mol. The first kappa shape index (κ1) is 19.4. The summed E-state index contributed by atoms with van der Waals surface area (Å²) in [6.07, 6.45) is 2.62. The van der Waals surface area contributed by atoms with Gasteiger partial charge in [0.1, 0.15) is 0 Å². The molecule has 0 saturated carbocycles. The third-order valence-corrected chi connectivity index (χ3v) is 5.82. The number of nitrogens with zero attached hydrogens (tertiary/aromatic N) is 3. The Labute approximate surface area is 180 Å². The summed E-state index contributed by atoms with van der Waals surface area (Å²) in [4.78, 5) is 13.6. The first-order chi connectivity index (χ1) is 14.1. The standard InChI is InChI=1S/C21H18BrN5OS/c22-15-4-7-17(8-5-15)27-13-16(25-26-27)6-10-21(28)24-19-12-14(3-9-18(19)23)20-2-1-11-29-20/h1-5,7-9,11-13H,6,10,23H2,(H,24,28). The largest absolute Gasteiger partial charge is 0.397 e. The van der Waals surface area contributed by atoms with Crippen LogP contribution in [0, 0.1) is 0 Å². The number of benzene rings is 2. The molecule has 0 bridgehead atoms. The van der Waals surface area contributed by atoms with Gasteiger partial charge in [0.05, 0.1) is 29.0 Å². The molecule has 0 aliphatic carbocycles. The van der Waals surface area contributed by atoms with Gasteiger partial charge in [0.15, 0.2) is 0 Å². The number of nitrogen functional groups attached to an aromatic ring is 1. The van der Waals surface area contributed by atoms with E-state index in [4.69, 9.17) is 5.73 Å². The molecule has 146 valence electrons. The topological polar surface area (TPSA) is 85.8 Å². The third-order valence-electron chi connectivity index (χ3n) is 4.37. The van der Waals surface area contributed by atoms with Crippen LogP contribution >= 0.6 is 27.3 Å². The summed E-state index contributed by atoms with van der Waals surface area (Å²) in [5, 5.41) is 13.2. The summed E-state index contributed by atoms with van der Waals surface area (Å²) in [6.45, 7) is 0. The van der Waals surface area contributed by atoms with Gasteiger partial charge < -0.3 is 11.1 Å². The number of anilines is 2. The van der Waals surface area contributed by atoms with Crippen molar-refractivity contribution < 1.29 is 4.79 Å². The van der Waals surface area contributed by atoms with E-state index < -0.39 is 0 Å². The Morgan fingerprint density at radius 3 is 2.76 bits per heavy atom. The molecule has 1 amide bonds. The first-order valence-corrected chi connectivity index (χ1v) is 10.7. The Kier molecular flexibility index (Phi) is 5.73. The first-order valence-electron chi connectivity index (χ1n) is 8.99. The maximum absolute atomic E-state index is 12.4. The summed E-state index contributed by atoms with van der Waals surface area (Å²) in [7, 11) is 0. The van der Waals surface area contributed by atoms with E-state index in [1.807, 2.05) is 66.2 Å². The lowest BCUT2D eigenvalue weighted by atomic mass is 10.1. The number of carbonyl (C=O) groups excluding carboxylic acids is 1. The van der Waals surface area contributed by atoms with Gasteiger partial charge in [-0.1, -0.05) is 33.3 Å². The number of amides is 1. The Hall–Kier alpha value is -2.97. The van der Waals surface area contributed by atoms with Crippen molar-refractivity contribution in [3.05, 3.63) is 76.3 Å². The van der Waals surface area contributed by atoms with Crippen LogP contribution in [0.4, 0.5) is 11.4 Å². The molecule has 29 heavy (non-hydrogen) atoms. The summed E-state index contributed by atoms with van der Waals surface area (Å²) >= 11 is 5.06. The molecule has 6 nitrogen and oxygen atoms in total. The lowest BCUT2D eigenvalue weighted by Crippen LogP contribution is -2.13. The second-order valence-electron chi connectivity index (χ2n) is 6.46. The fraction of sp³-hybridized carbons (Fsp3) is 0.0952. The van der Waals surface area contributed by atoms with Crippen LogP contribution in [0.3, 0.4) is 0 Å². The molecule has 0 aliphatic rings. The number of hydrogen-bond acceptors (Lipinski definition) is 5. The molecule has 0 unspecified atom stereocenters. The second-order valence-corrected chi connectivity index (χ2v) is 8.32. The molecule has 8 heteroatoms. The van der Waals surface area contributed by atoms with Crippen LogP contribution in [0.5, 0.6) is 0 Å². The number of rotatable bonds is 6. The minimum Gasteiger partial charge on any atom is -0.397 e. The molecule has 0 aliphatic heterocycles. The summed E-state index contributed by atoms with van der Waals surface area (Å²) in [5.41, 5.74) is 9.90. The Morgan fingerprint density at radius 1 is 1.17 bits per heavy atom. The highest BCUT2D eigenvalue weighted by molar-refractivity contribution is 9.10. The average molecular weight is 468 g/mol. The van der Waals surface area contributed by atoms with Crippen LogP contribution in [0.15, 0.2) is 70.6 Å². The summed E-state index contributed by atoms with van der Waals surface area (Å²) in [6, 6.07) is 17.5. The van der Waals surface area contributed by atoms with Crippen molar-refractivity contribution >= 4 is 44.5 Å². The Morgan fingerprint density at radius 2 is 2.00 bits per heavy atom. The van der Waals surface area contributed by atoms with Crippen molar-refractivity contribution in [1.82, 2.24) is 15.0 Å². The van der Waals surface area contributed by atoms with Crippen molar-refractivity contribution in [2.24, 2.45) is 0 Å². The summed E-state index contributed by atoms with van der Waals surface area (Å²) in [5.74, 6) is -0.113. The number of aryl methyl sites for hydroxylation is 1. The zero-order valence-electron chi connectivity index (χ0n) is 15.4. The van der Waals surface area contributed by atoms with Gasteiger partial charge in [-0.2, -0.15) is 0 Å². The monoisotopic (exact) mass is 467 g/mol. The van der Waals surface area contributed by atoms with Crippen molar-refractivity contribution in [2.45, 2.75) is 12.8 Å². The highest BCUT2D eigenvalue weighted by Gasteiger charge is 2.10. The molecule has 4 aromatic rings. The maximum atomic E-state index is 12.4. The van der Waals surface area contributed by atoms with Crippen LogP contribution in [0.2, 0.25) is 0 Å². The van der Waals surface area contributed by atoms with E-state index in [1.165, 1.54) is 0 Å². The van der Waals surface area contributed by atoms with Gasteiger partial charge in [0.25, 0.3) is 0 Å². The number of nitrogens with one attached hydrogen (secondary N) is 1. The molecule has 0 spiro atoms. The van der Waals surface area contributed by atoms with E-state index in [9.17, 15) is 4.79 Å². The van der Waals surface area contributed by atoms with E-state index in [0.29, 0.717) is 24.2 Å². The van der Waals surface area contributed by atoms with Crippen molar-refractivity contribution in [3.8, 4) is 16.1 Å². The van der Waals surface area contributed by atoms with Crippen LogP contribution < -0.4 is 11.1 Å². The van der Waals surface area contributed by atoms with Crippen molar-refractivity contribution in [1.29, 1.82) is 0 Å². The lowest BCUT2D eigenvalue weighted by Gasteiger charge is -2.09. The third kappa shape index (κ3) is 4.72. The SMILES string of the molecule is Nc1ccc(-c2cccs2)cc1NC(=O)CCc1cn(-c2ccc(Br)cc2)nn1. The van der Waals surface area contributed by atoms with E-state index >= 15 is 0 Å². The average Bonchev–Trinajstić information content (AvgIpc) is 3.41. The van der Waals surface area contributed by atoms with Gasteiger partial charge in [-0.05, 0) is 53.4 Å². The maximum Gasteiger partial charge on any atom is 0.224 e. The highest BCUT2D eigenvalue weighted by atomic mass is 79.9. The van der Waals surface area contributed by atoms with E-state index in [-0.39, 0.29) is 5.91 Å².